The fourth-order valence-electron chi connectivity index (χ4n) is 4.05. The number of aliphatic hydroxyl groups is 1. The fourth-order valence-corrected chi connectivity index (χ4v) is 4.05. The van der Waals surface area contributed by atoms with Crippen LogP contribution in [0.1, 0.15) is 12.8 Å². The highest BCUT2D eigenvalue weighted by Gasteiger charge is 2.35. The highest BCUT2D eigenvalue weighted by Crippen LogP contribution is 2.26. The molecule has 2 aromatic carbocycles. The Morgan fingerprint density at radius 3 is 2.28 bits per heavy atom. The SMILES string of the molecule is O=C(C[n+]1ccc(-c2ccccc2)cc1)Nc1ccc(N2CCCC(O)C2C(=O)O)cc1. The van der Waals surface area contributed by atoms with Crippen molar-refractivity contribution in [3.63, 3.8) is 0 Å². The van der Waals surface area contributed by atoms with E-state index < -0.39 is 18.1 Å². The van der Waals surface area contributed by atoms with E-state index in [9.17, 15) is 19.8 Å². The van der Waals surface area contributed by atoms with Crippen molar-refractivity contribution < 1.29 is 24.4 Å². The molecule has 3 aromatic rings. The molecule has 2 heterocycles. The molecule has 2 unspecified atom stereocenters. The number of aliphatic carboxylic acids is 1. The van der Waals surface area contributed by atoms with Crippen molar-refractivity contribution in [2.45, 2.75) is 31.5 Å². The van der Waals surface area contributed by atoms with Crippen LogP contribution in [0.4, 0.5) is 11.4 Å². The molecule has 1 aliphatic rings. The fraction of sp³-hybridized carbons (Fsp3) is 0.240. The third-order valence-corrected chi connectivity index (χ3v) is 5.66. The van der Waals surface area contributed by atoms with Gasteiger partial charge in [0.1, 0.15) is 0 Å². The van der Waals surface area contributed by atoms with Crippen LogP contribution in [0.5, 0.6) is 0 Å². The van der Waals surface area contributed by atoms with E-state index in [1.165, 1.54) is 0 Å². The number of aromatic nitrogens is 1. The molecule has 0 saturated carbocycles. The number of nitrogens with one attached hydrogen (secondary N) is 1. The normalized spacial score (nSPS) is 18.2. The zero-order valence-electron chi connectivity index (χ0n) is 17.6. The Morgan fingerprint density at radius 1 is 0.969 bits per heavy atom. The number of piperidine rings is 1. The van der Waals surface area contributed by atoms with Gasteiger partial charge >= 0.3 is 5.97 Å². The second kappa shape index (κ2) is 9.62. The number of hydrogen-bond donors (Lipinski definition) is 3. The summed E-state index contributed by atoms with van der Waals surface area (Å²) in [6, 6.07) is 20.1. The van der Waals surface area contributed by atoms with Crippen molar-refractivity contribution >= 4 is 23.3 Å². The van der Waals surface area contributed by atoms with Gasteiger partial charge in [0.15, 0.2) is 18.4 Å². The standard InChI is InChI=1S/C25H25N3O4/c29-22-7-4-14-28(24(22)25(31)32)21-10-8-20(9-11-21)26-23(30)17-27-15-12-19(13-16-27)18-5-2-1-3-6-18/h1-3,5-6,8-13,15-16,22,24,29H,4,7,14,17H2,(H-,26,30,31,32)/p+1. The molecule has 0 spiro atoms. The van der Waals surface area contributed by atoms with E-state index in [1.54, 1.807) is 29.2 Å². The lowest BCUT2D eigenvalue weighted by Crippen LogP contribution is -2.53. The van der Waals surface area contributed by atoms with Crippen LogP contribution in [0.25, 0.3) is 11.1 Å². The Morgan fingerprint density at radius 2 is 1.62 bits per heavy atom. The van der Waals surface area contributed by atoms with Crippen molar-refractivity contribution in [3.05, 3.63) is 79.1 Å². The van der Waals surface area contributed by atoms with Crippen molar-refractivity contribution in [1.29, 1.82) is 0 Å². The van der Waals surface area contributed by atoms with Crippen LogP contribution in [0.3, 0.4) is 0 Å². The van der Waals surface area contributed by atoms with Gasteiger partial charge in [-0.05, 0) is 48.2 Å². The van der Waals surface area contributed by atoms with Gasteiger partial charge in [0.25, 0.3) is 5.91 Å². The van der Waals surface area contributed by atoms with E-state index in [1.807, 2.05) is 59.4 Å². The van der Waals surface area contributed by atoms with Gasteiger partial charge in [-0.15, -0.1) is 0 Å². The molecule has 0 bridgehead atoms. The van der Waals surface area contributed by atoms with Gasteiger partial charge in [0.2, 0.25) is 6.54 Å². The monoisotopic (exact) mass is 432 g/mol. The summed E-state index contributed by atoms with van der Waals surface area (Å²) in [5.74, 6) is -1.20. The average Bonchev–Trinajstić information content (AvgIpc) is 2.80. The van der Waals surface area contributed by atoms with Gasteiger partial charge in [-0.25, -0.2) is 4.79 Å². The van der Waals surface area contributed by atoms with E-state index in [0.29, 0.717) is 24.3 Å². The van der Waals surface area contributed by atoms with E-state index in [2.05, 4.69) is 5.32 Å². The molecule has 1 saturated heterocycles. The van der Waals surface area contributed by atoms with Crippen LogP contribution in [0.15, 0.2) is 79.1 Å². The number of benzene rings is 2. The summed E-state index contributed by atoms with van der Waals surface area (Å²) >= 11 is 0. The highest BCUT2D eigenvalue weighted by atomic mass is 16.4. The summed E-state index contributed by atoms with van der Waals surface area (Å²) in [6.45, 7) is 0.742. The third-order valence-electron chi connectivity index (χ3n) is 5.66. The second-order valence-electron chi connectivity index (χ2n) is 7.91. The molecule has 164 valence electrons. The summed E-state index contributed by atoms with van der Waals surface area (Å²) in [5, 5.41) is 22.4. The Labute approximate surface area is 186 Å². The molecule has 7 heteroatoms. The summed E-state index contributed by atoms with van der Waals surface area (Å²) in [4.78, 5) is 25.7. The van der Waals surface area contributed by atoms with Gasteiger partial charge in [-0.1, -0.05) is 30.3 Å². The molecular formula is C25H26N3O4+. The number of carbonyl (C=O) groups is 2. The average molecular weight is 433 g/mol. The lowest BCUT2D eigenvalue weighted by molar-refractivity contribution is -0.684. The molecule has 1 amide bonds. The summed E-state index contributed by atoms with van der Waals surface area (Å²) < 4.78 is 1.81. The highest BCUT2D eigenvalue weighted by molar-refractivity contribution is 5.90. The van der Waals surface area contributed by atoms with Crippen LogP contribution >= 0.6 is 0 Å². The maximum atomic E-state index is 12.5. The summed E-state index contributed by atoms with van der Waals surface area (Å²) in [7, 11) is 0. The molecule has 32 heavy (non-hydrogen) atoms. The molecule has 3 N–H and O–H groups in total. The predicted octanol–water partition coefficient (Wildman–Crippen LogP) is 2.69. The maximum absolute atomic E-state index is 12.5. The van der Waals surface area contributed by atoms with Crippen molar-refractivity contribution in [1.82, 2.24) is 0 Å². The van der Waals surface area contributed by atoms with Gasteiger partial charge < -0.3 is 20.4 Å². The minimum Gasteiger partial charge on any atom is -0.480 e. The van der Waals surface area contributed by atoms with Gasteiger partial charge in [-0.2, -0.15) is 4.57 Å². The van der Waals surface area contributed by atoms with Crippen LogP contribution in [0.2, 0.25) is 0 Å². The van der Waals surface area contributed by atoms with Crippen LogP contribution in [-0.4, -0.2) is 40.8 Å². The van der Waals surface area contributed by atoms with Crippen molar-refractivity contribution in [2.24, 2.45) is 0 Å². The minimum absolute atomic E-state index is 0.160. The zero-order chi connectivity index (χ0) is 22.5. The molecule has 0 radical (unpaired) electrons. The molecule has 1 aliphatic heterocycles. The summed E-state index contributed by atoms with van der Waals surface area (Å²) in [5.41, 5.74) is 3.54. The third kappa shape index (κ3) is 4.95. The number of nitrogens with zero attached hydrogens (tertiary/aromatic N) is 2. The van der Waals surface area contributed by atoms with Crippen molar-refractivity contribution in [2.75, 3.05) is 16.8 Å². The van der Waals surface area contributed by atoms with Crippen LogP contribution < -0.4 is 14.8 Å². The number of carboxylic acid groups (broad SMARTS) is 1. The largest absolute Gasteiger partial charge is 0.480 e. The van der Waals surface area contributed by atoms with Gasteiger partial charge in [0, 0.05) is 30.1 Å². The number of carboxylic acids is 1. The van der Waals surface area contributed by atoms with Gasteiger partial charge in [0.05, 0.1) is 6.10 Å². The zero-order valence-corrected chi connectivity index (χ0v) is 17.6. The molecule has 4 rings (SSSR count). The number of amides is 1. The van der Waals surface area contributed by atoms with Gasteiger partial charge in [-0.3, -0.25) is 4.79 Å². The first-order valence-corrected chi connectivity index (χ1v) is 10.6. The topological polar surface area (TPSA) is 93.8 Å². The first-order chi connectivity index (χ1) is 15.5. The lowest BCUT2D eigenvalue weighted by Gasteiger charge is -2.38. The Balaban J connectivity index is 1.37. The Hall–Kier alpha value is -3.71. The van der Waals surface area contributed by atoms with E-state index in [4.69, 9.17) is 0 Å². The molecular weight excluding hydrogens is 406 g/mol. The van der Waals surface area contributed by atoms with Crippen LogP contribution in [-0.2, 0) is 16.1 Å². The van der Waals surface area contributed by atoms with E-state index >= 15 is 0 Å². The molecule has 2 atom stereocenters. The molecule has 1 aromatic heterocycles. The summed E-state index contributed by atoms with van der Waals surface area (Å²) in [6.07, 6.45) is 4.05. The maximum Gasteiger partial charge on any atom is 0.329 e. The predicted molar refractivity (Wildman–Crippen MR) is 121 cm³/mol. The van der Waals surface area contributed by atoms with E-state index in [0.717, 1.165) is 17.5 Å². The van der Waals surface area contributed by atoms with Crippen molar-refractivity contribution in [3.8, 4) is 11.1 Å². The number of aliphatic hydroxyl groups excluding tert-OH is 1. The number of carbonyl (C=O) groups excluding carboxylic acids is 1. The number of rotatable bonds is 6. The lowest BCUT2D eigenvalue weighted by atomic mass is 9.98. The molecule has 0 aliphatic carbocycles. The number of hydrogen-bond acceptors (Lipinski definition) is 4. The van der Waals surface area contributed by atoms with Crippen LogP contribution in [0, 0.1) is 0 Å². The quantitative estimate of drug-likeness (QED) is 0.521. The number of anilines is 2. The Bertz CT molecular complexity index is 1070. The first kappa shape index (κ1) is 21.5. The second-order valence-corrected chi connectivity index (χ2v) is 7.91. The first-order valence-electron chi connectivity index (χ1n) is 10.6. The number of pyridine rings is 1. The Kier molecular flexibility index (Phi) is 6.47. The molecule has 1 fully saturated rings. The smallest absolute Gasteiger partial charge is 0.329 e. The van der Waals surface area contributed by atoms with E-state index in [-0.39, 0.29) is 12.5 Å². The minimum atomic E-state index is -1.04. The molecule has 7 nitrogen and oxygen atoms in total.